The first-order valence-corrected chi connectivity index (χ1v) is 4.49. The van der Waals surface area contributed by atoms with Gasteiger partial charge in [0.25, 0.3) is 0 Å². The Morgan fingerprint density at radius 1 is 1.62 bits per heavy atom. The summed E-state index contributed by atoms with van der Waals surface area (Å²) in [5, 5.41) is 8.83. The molecule has 0 radical (unpaired) electrons. The van der Waals surface area contributed by atoms with Gasteiger partial charge in [-0.1, -0.05) is 0 Å². The van der Waals surface area contributed by atoms with Crippen molar-refractivity contribution in [3.63, 3.8) is 0 Å². The molecule has 0 amide bonds. The van der Waals surface area contributed by atoms with Crippen LogP contribution in [0, 0.1) is 0 Å². The highest BCUT2D eigenvalue weighted by Gasteiger charge is 2.31. The monoisotopic (exact) mass is 190 g/mol. The minimum absolute atomic E-state index is 0.0731. The minimum Gasteiger partial charge on any atom is -0.395 e. The summed E-state index contributed by atoms with van der Waals surface area (Å²) < 4.78 is 10.5. The van der Waals surface area contributed by atoms with Crippen LogP contribution >= 0.6 is 0 Å². The van der Waals surface area contributed by atoms with E-state index in [1.807, 2.05) is 0 Å². The first kappa shape index (κ1) is 10.9. The predicted molar refractivity (Wildman–Crippen MR) is 47.9 cm³/mol. The summed E-state index contributed by atoms with van der Waals surface area (Å²) in [5.41, 5.74) is 11.4. The molecule has 0 spiro atoms. The van der Waals surface area contributed by atoms with Crippen LogP contribution in [0.1, 0.15) is 12.8 Å². The summed E-state index contributed by atoms with van der Waals surface area (Å²) >= 11 is 0. The Balaban J connectivity index is 2.44. The zero-order valence-electron chi connectivity index (χ0n) is 7.85. The van der Waals surface area contributed by atoms with Crippen molar-refractivity contribution in [3.05, 3.63) is 0 Å². The fraction of sp³-hybridized carbons (Fsp3) is 1.00. The molecule has 1 saturated heterocycles. The van der Waals surface area contributed by atoms with E-state index in [2.05, 4.69) is 0 Å². The molecular formula is C8H18N2O3. The first-order valence-electron chi connectivity index (χ1n) is 4.49. The van der Waals surface area contributed by atoms with Crippen molar-refractivity contribution in [2.75, 3.05) is 13.7 Å². The summed E-state index contributed by atoms with van der Waals surface area (Å²) in [6, 6.07) is -0.433. The van der Waals surface area contributed by atoms with Gasteiger partial charge in [0.2, 0.25) is 0 Å². The third-order valence-corrected chi connectivity index (χ3v) is 2.36. The van der Waals surface area contributed by atoms with E-state index in [0.29, 0.717) is 0 Å². The van der Waals surface area contributed by atoms with Crippen LogP contribution in [0.5, 0.6) is 0 Å². The lowest BCUT2D eigenvalue weighted by Crippen LogP contribution is -2.51. The molecule has 0 aromatic carbocycles. The maximum Gasteiger partial charge on any atom is 0.172 e. The summed E-state index contributed by atoms with van der Waals surface area (Å²) in [7, 11) is 1.55. The third kappa shape index (κ3) is 2.62. The smallest absolute Gasteiger partial charge is 0.172 e. The van der Waals surface area contributed by atoms with Crippen molar-refractivity contribution >= 4 is 0 Å². The Hall–Kier alpha value is -0.200. The fourth-order valence-corrected chi connectivity index (χ4v) is 1.50. The van der Waals surface area contributed by atoms with Gasteiger partial charge in [0.05, 0.1) is 24.8 Å². The Morgan fingerprint density at radius 2 is 2.31 bits per heavy atom. The SMILES string of the molecule is CO[C@H]1OC(C(N)CO)CC[C@H]1N. The number of methoxy groups -OCH3 is 1. The molecule has 5 heteroatoms. The lowest BCUT2D eigenvalue weighted by molar-refractivity contribution is -0.195. The van der Waals surface area contributed by atoms with E-state index in [0.717, 1.165) is 12.8 Å². The number of aliphatic hydroxyl groups excluding tert-OH is 1. The topological polar surface area (TPSA) is 90.7 Å². The quantitative estimate of drug-likeness (QED) is 0.519. The molecule has 1 aliphatic rings. The van der Waals surface area contributed by atoms with Gasteiger partial charge in [0.1, 0.15) is 0 Å². The van der Waals surface area contributed by atoms with Gasteiger partial charge < -0.3 is 26.0 Å². The van der Waals surface area contributed by atoms with E-state index in [1.54, 1.807) is 7.11 Å². The van der Waals surface area contributed by atoms with Gasteiger partial charge >= 0.3 is 0 Å². The first-order chi connectivity index (χ1) is 6.19. The Bertz CT molecular complexity index is 156. The highest BCUT2D eigenvalue weighted by atomic mass is 16.7. The third-order valence-electron chi connectivity index (χ3n) is 2.36. The summed E-state index contributed by atoms with van der Waals surface area (Å²) in [5.74, 6) is 0. The standard InChI is InChI=1S/C8H18N2O3/c1-12-8-5(9)2-3-7(13-8)6(10)4-11/h5-8,11H,2-4,9-10H2,1H3/t5-,6?,7?,8+/m1/s1. The van der Waals surface area contributed by atoms with Crippen molar-refractivity contribution in [3.8, 4) is 0 Å². The van der Waals surface area contributed by atoms with Crippen molar-refractivity contribution < 1.29 is 14.6 Å². The van der Waals surface area contributed by atoms with Crippen molar-refractivity contribution in [2.24, 2.45) is 11.5 Å². The lowest BCUT2D eigenvalue weighted by atomic mass is 10.00. The van der Waals surface area contributed by atoms with Crippen LogP contribution in [0.25, 0.3) is 0 Å². The number of rotatable bonds is 3. The summed E-state index contributed by atoms with van der Waals surface area (Å²) in [4.78, 5) is 0. The maximum absolute atomic E-state index is 8.83. The Kier molecular flexibility index (Phi) is 4.08. The zero-order chi connectivity index (χ0) is 9.84. The van der Waals surface area contributed by atoms with Crippen LogP contribution in [0.15, 0.2) is 0 Å². The molecule has 5 nitrogen and oxygen atoms in total. The molecule has 0 saturated carbocycles. The molecule has 0 aliphatic carbocycles. The molecule has 0 aromatic heterocycles. The fourth-order valence-electron chi connectivity index (χ4n) is 1.50. The van der Waals surface area contributed by atoms with Gasteiger partial charge in [-0.15, -0.1) is 0 Å². The highest BCUT2D eigenvalue weighted by molar-refractivity contribution is 4.82. The van der Waals surface area contributed by atoms with Crippen molar-refractivity contribution in [1.82, 2.24) is 0 Å². The molecule has 1 rings (SSSR count). The molecule has 13 heavy (non-hydrogen) atoms. The van der Waals surface area contributed by atoms with Crippen molar-refractivity contribution in [1.29, 1.82) is 0 Å². The number of ether oxygens (including phenoxy) is 2. The van der Waals surface area contributed by atoms with E-state index in [-0.39, 0.29) is 24.8 Å². The normalized spacial score (nSPS) is 37.4. The van der Waals surface area contributed by atoms with Crippen molar-refractivity contribution in [2.45, 2.75) is 37.3 Å². The number of aliphatic hydroxyl groups is 1. The summed E-state index contributed by atoms with van der Waals surface area (Å²) in [6.07, 6.45) is 1.06. The molecule has 0 bridgehead atoms. The lowest BCUT2D eigenvalue weighted by Gasteiger charge is -2.35. The Labute approximate surface area is 78.0 Å². The van der Waals surface area contributed by atoms with Crippen LogP contribution in [0.4, 0.5) is 0 Å². The van der Waals surface area contributed by atoms with Crippen LogP contribution in [0.3, 0.4) is 0 Å². The average Bonchev–Trinajstić information content (AvgIpc) is 2.17. The van der Waals surface area contributed by atoms with Gasteiger partial charge in [0, 0.05) is 7.11 Å². The molecule has 1 heterocycles. The van der Waals surface area contributed by atoms with Crippen LogP contribution in [-0.2, 0) is 9.47 Å². The van der Waals surface area contributed by atoms with Gasteiger partial charge in [-0.2, -0.15) is 0 Å². The molecule has 78 valence electrons. The molecule has 5 N–H and O–H groups in total. The van der Waals surface area contributed by atoms with Gasteiger partial charge in [-0.25, -0.2) is 0 Å². The second-order valence-corrected chi connectivity index (χ2v) is 3.37. The van der Waals surface area contributed by atoms with Crippen LogP contribution < -0.4 is 11.5 Å². The number of hydrogen-bond acceptors (Lipinski definition) is 5. The predicted octanol–water partition coefficient (Wildman–Crippen LogP) is -1.22. The largest absolute Gasteiger partial charge is 0.395 e. The number of hydrogen-bond donors (Lipinski definition) is 3. The molecule has 4 atom stereocenters. The molecule has 2 unspecified atom stereocenters. The molecule has 1 fully saturated rings. The van der Waals surface area contributed by atoms with Gasteiger partial charge in [0.15, 0.2) is 6.29 Å². The van der Waals surface area contributed by atoms with E-state index in [4.69, 9.17) is 26.0 Å². The van der Waals surface area contributed by atoms with Crippen LogP contribution in [-0.4, -0.2) is 43.3 Å². The second kappa shape index (κ2) is 4.88. The minimum atomic E-state index is -0.392. The summed E-state index contributed by atoms with van der Waals surface area (Å²) in [6.45, 7) is -0.0731. The number of nitrogens with two attached hydrogens (primary N) is 2. The maximum atomic E-state index is 8.83. The van der Waals surface area contributed by atoms with Gasteiger partial charge in [-0.3, -0.25) is 0 Å². The highest BCUT2D eigenvalue weighted by Crippen LogP contribution is 2.20. The molecule has 0 aromatic rings. The van der Waals surface area contributed by atoms with E-state index < -0.39 is 6.29 Å². The van der Waals surface area contributed by atoms with E-state index in [9.17, 15) is 0 Å². The zero-order valence-corrected chi connectivity index (χ0v) is 7.85. The van der Waals surface area contributed by atoms with E-state index in [1.165, 1.54) is 0 Å². The average molecular weight is 190 g/mol. The second-order valence-electron chi connectivity index (χ2n) is 3.37. The van der Waals surface area contributed by atoms with Gasteiger partial charge in [-0.05, 0) is 12.8 Å². The van der Waals surface area contributed by atoms with Crippen LogP contribution in [0.2, 0.25) is 0 Å². The molecular weight excluding hydrogens is 172 g/mol. The van der Waals surface area contributed by atoms with E-state index >= 15 is 0 Å². The Morgan fingerprint density at radius 3 is 2.85 bits per heavy atom. The molecule has 1 aliphatic heterocycles.